The van der Waals surface area contributed by atoms with Gasteiger partial charge >= 0.3 is 0 Å². The van der Waals surface area contributed by atoms with Gasteiger partial charge in [-0.25, -0.2) is 0 Å². The van der Waals surface area contributed by atoms with Crippen LogP contribution in [0.1, 0.15) is 53.4 Å². The van der Waals surface area contributed by atoms with Gasteiger partial charge in [-0.05, 0) is 38.5 Å². The van der Waals surface area contributed by atoms with Gasteiger partial charge in [0.05, 0.1) is 6.61 Å². The summed E-state index contributed by atoms with van der Waals surface area (Å²) in [6.07, 6.45) is 4.93. The fraction of sp³-hybridized carbons (Fsp3) is 1.00. The maximum atomic E-state index is 5.57. The maximum absolute atomic E-state index is 5.57. The Morgan fingerprint density at radius 2 is 1.95 bits per heavy atom. The molecule has 0 aromatic rings. The molecule has 19 heavy (non-hydrogen) atoms. The third-order valence-electron chi connectivity index (χ3n) is 5.65. The lowest BCUT2D eigenvalue weighted by Gasteiger charge is -2.54. The van der Waals surface area contributed by atoms with Crippen LogP contribution in [0.3, 0.4) is 0 Å². The predicted molar refractivity (Wildman–Crippen MR) is 80.5 cm³/mol. The van der Waals surface area contributed by atoms with Gasteiger partial charge in [-0.15, -0.1) is 0 Å². The summed E-state index contributed by atoms with van der Waals surface area (Å²) in [7, 11) is 0. The monoisotopic (exact) mass is 268 g/mol. The van der Waals surface area contributed by atoms with Gasteiger partial charge in [-0.1, -0.05) is 20.8 Å². The van der Waals surface area contributed by atoms with Crippen LogP contribution in [0.25, 0.3) is 0 Å². The van der Waals surface area contributed by atoms with Gasteiger partial charge in [0.15, 0.2) is 0 Å². The Morgan fingerprint density at radius 3 is 2.47 bits per heavy atom. The Bertz CT molecular complexity index is 284. The number of nitrogens with one attached hydrogen (secondary N) is 1. The third kappa shape index (κ3) is 3.14. The van der Waals surface area contributed by atoms with Crippen LogP contribution >= 0.6 is 0 Å². The molecule has 0 saturated carbocycles. The molecule has 2 fully saturated rings. The van der Waals surface area contributed by atoms with Crippen LogP contribution in [0.5, 0.6) is 0 Å². The molecule has 2 heterocycles. The molecule has 0 radical (unpaired) electrons. The van der Waals surface area contributed by atoms with Crippen molar-refractivity contribution < 1.29 is 4.74 Å². The number of piperazine rings is 1. The van der Waals surface area contributed by atoms with Crippen LogP contribution in [0.15, 0.2) is 0 Å². The van der Waals surface area contributed by atoms with Gasteiger partial charge in [-0.2, -0.15) is 0 Å². The second-order valence-electron chi connectivity index (χ2n) is 6.81. The molecule has 0 aromatic heterocycles. The van der Waals surface area contributed by atoms with Crippen LogP contribution in [0, 0.1) is 5.92 Å². The van der Waals surface area contributed by atoms with E-state index in [1.807, 2.05) is 0 Å². The molecule has 2 saturated heterocycles. The summed E-state index contributed by atoms with van der Waals surface area (Å²) < 4.78 is 5.57. The summed E-state index contributed by atoms with van der Waals surface area (Å²) in [5.41, 5.74) is 0.643. The fourth-order valence-electron chi connectivity index (χ4n) is 3.62. The summed E-state index contributed by atoms with van der Waals surface area (Å²) in [6.45, 7) is 14.8. The number of ether oxygens (including phenoxy) is 1. The van der Waals surface area contributed by atoms with Crippen LogP contribution in [-0.4, -0.2) is 48.8 Å². The van der Waals surface area contributed by atoms with E-state index in [0.29, 0.717) is 5.54 Å². The lowest BCUT2D eigenvalue weighted by molar-refractivity contribution is -0.00921. The largest absolute Gasteiger partial charge is 0.381 e. The average molecular weight is 268 g/mol. The van der Waals surface area contributed by atoms with Crippen LogP contribution in [0.4, 0.5) is 0 Å². The molecular weight excluding hydrogens is 236 g/mol. The van der Waals surface area contributed by atoms with E-state index in [2.05, 4.69) is 37.9 Å². The molecule has 3 nitrogen and oxygen atoms in total. The molecular formula is C16H32N2O. The molecule has 112 valence electrons. The molecule has 2 rings (SSSR count). The Morgan fingerprint density at radius 1 is 1.21 bits per heavy atom. The van der Waals surface area contributed by atoms with E-state index in [9.17, 15) is 0 Å². The highest BCUT2D eigenvalue weighted by Gasteiger charge is 2.43. The predicted octanol–water partition coefficient (Wildman–Crippen LogP) is 2.66. The minimum Gasteiger partial charge on any atom is -0.381 e. The first kappa shape index (κ1) is 15.3. The van der Waals surface area contributed by atoms with Crippen molar-refractivity contribution in [2.24, 2.45) is 5.92 Å². The van der Waals surface area contributed by atoms with Crippen molar-refractivity contribution in [1.29, 1.82) is 0 Å². The molecule has 3 heteroatoms. The van der Waals surface area contributed by atoms with Gasteiger partial charge in [0.2, 0.25) is 0 Å². The van der Waals surface area contributed by atoms with Crippen molar-refractivity contribution in [2.45, 2.75) is 64.5 Å². The molecule has 2 aliphatic heterocycles. The second kappa shape index (κ2) is 6.11. The molecule has 0 aromatic carbocycles. The topological polar surface area (TPSA) is 24.5 Å². The van der Waals surface area contributed by atoms with E-state index in [1.54, 1.807) is 0 Å². The summed E-state index contributed by atoms with van der Waals surface area (Å²) in [5, 5.41) is 3.82. The summed E-state index contributed by atoms with van der Waals surface area (Å²) in [4.78, 5) is 2.78. The minimum atomic E-state index is 0.285. The number of rotatable bonds is 5. The first-order valence-corrected chi connectivity index (χ1v) is 8.15. The lowest BCUT2D eigenvalue weighted by atomic mass is 9.82. The third-order valence-corrected chi connectivity index (χ3v) is 5.65. The number of hydrogen-bond acceptors (Lipinski definition) is 3. The van der Waals surface area contributed by atoms with Crippen LogP contribution in [0.2, 0.25) is 0 Å². The van der Waals surface area contributed by atoms with E-state index in [0.717, 1.165) is 25.7 Å². The molecule has 2 atom stereocenters. The Labute approximate surface area is 119 Å². The molecule has 0 bridgehead atoms. The lowest BCUT2D eigenvalue weighted by Crippen LogP contribution is -2.69. The van der Waals surface area contributed by atoms with Crippen LogP contribution in [-0.2, 0) is 4.74 Å². The molecule has 0 amide bonds. The Kier molecular flexibility index (Phi) is 4.91. The van der Waals surface area contributed by atoms with E-state index in [-0.39, 0.29) is 5.54 Å². The van der Waals surface area contributed by atoms with Gasteiger partial charge in [0.25, 0.3) is 0 Å². The zero-order valence-electron chi connectivity index (χ0n) is 13.3. The summed E-state index contributed by atoms with van der Waals surface area (Å²) >= 11 is 0. The normalized spacial score (nSPS) is 35.7. The zero-order chi connectivity index (χ0) is 13.9. The number of nitrogens with zero attached hydrogens (tertiary/aromatic N) is 1. The zero-order valence-corrected chi connectivity index (χ0v) is 13.3. The van der Waals surface area contributed by atoms with Gasteiger partial charge < -0.3 is 10.1 Å². The van der Waals surface area contributed by atoms with Gasteiger partial charge in [0.1, 0.15) is 0 Å². The average Bonchev–Trinajstić information content (AvgIpc) is 2.93. The minimum absolute atomic E-state index is 0.285. The Balaban J connectivity index is 2.10. The van der Waals surface area contributed by atoms with Crippen molar-refractivity contribution >= 4 is 0 Å². The highest BCUT2D eigenvalue weighted by Crippen LogP contribution is 2.32. The number of hydrogen-bond donors (Lipinski definition) is 1. The quantitative estimate of drug-likeness (QED) is 0.829. The molecule has 0 aliphatic carbocycles. The standard InChI is InChI=1S/C16H32N2O/c1-5-15(4)13-18(10-14-8-9-19-11-14)16(6-2,7-3)12-17-15/h14,17H,5-13H2,1-4H3. The fourth-order valence-corrected chi connectivity index (χ4v) is 3.62. The molecule has 2 aliphatic rings. The van der Waals surface area contributed by atoms with Crippen LogP contribution < -0.4 is 5.32 Å². The second-order valence-corrected chi connectivity index (χ2v) is 6.81. The Hall–Kier alpha value is -0.120. The van der Waals surface area contributed by atoms with Gasteiger partial charge in [0, 0.05) is 37.3 Å². The highest BCUT2D eigenvalue weighted by molar-refractivity contribution is 5.02. The van der Waals surface area contributed by atoms with Crippen molar-refractivity contribution in [3.63, 3.8) is 0 Å². The molecule has 2 unspecified atom stereocenters. The highest BCUT2D eigenvalue weighted by atomic mass is 16.5. The van der Waals surface area contributed by atoms with E-state index < -0.39 is 0 Å². The van der Waals surface area contributed by atoms with Crippen molar-refractivity contribution in [1.82, 2.24) is 10.2 Å². The first-order chi connectivity index (χ1) is 9.07. The maximum Gasteiger partial charge on any atom is 0.0507 e. The SMILES string of the molecule is CCC1(C)CN(CC2CCOC2)C(CC)(CC)CN1. The molecule has 1 N–H and O–H groups in total. The smallest absolute Gasteiger partial charge is 0.0507 e. The van der Waals surface area contributed by atoms with E-state index >= 15 is 0 Å². The summed E-state index contributed by atoms with van der Waals surface area (Å²) in [6, 6.07) is 0. The molecule has 0 spiro atoms. The van der Waals surface area contributed by atoms with Crippen molar-refractivity contribution in [3.05, 3.63) is 0 Å². The van der Waals surface area contributed by atoms with E-state index in [4.69, 9.17) is 4.74 Å². The van der Waals surface area contributed by atoms with Gasteiger partial charge in [-0.3, -0.25) is 4.90 Å². The van der Waals surface area contributed by atoms with Crippen molar-refractivity contribution in [3.8, 4) is 0 Å². The first-order valence-electron chi connectivity index (χ1n) is 8.15. The van der Waals surface area contributed by atoms with Crippen molar-refractivity contribution in [2.75, 3.05) is 32.8 Å². The summed E-state index contributed by atoms with van der Waals surface area (Å²) in [5.74, 6) is 0.747. The van der Waals surface area contributed by atoms with E-state index in [1.165, 1.54) is 38.8 Å².